The van der Waals surface area contributed by atoms with Gasteiger partial charge in [-0.3, -0.25) is 9.69 Å². The first-order valence-corrected chi connectivity index (χ1v) is 6.45. The highest BCUT2D eigenvalue weighted by Crippen LogP contribution is 2.33. The van der Waals surface area contributed by atoms with Crippen LogP contribution < -0.4 is 4.90 Å². The zero-order chi connectivity index (χ0) is 9.97. The van der Waals surface area contributed by atoms with Crippen LogP contribution in [-0.2, 0) is 4.79 Å². The second-order valence-electron chi connectivity index (χ2n) is 3.04. The maximum absolute atomic E-state index is 11.6. The van der Waals surface area contributed by atoms with E-state index in [1.54, 1.807) is 22.2 Å². The van der Waals surface area contributed by atoms with Gasteiger partial charge in [0.05, 0.1) is 11.1 Å². The van der Waals surface area contributed by atoms with Crippen molar-refractivity contribution in [2.24, 2.45) is 0 Å². The number of thioether (sulfide) groups is 1. The van der Waals surface area contributed by atoms with Crippen molar-refractivity contribution in [3.05, 3.63) is 5.51 Å². The molecule has 76 valence electrons. The first-order valence-electron chi connectivity index (χ1n) is 4.52. The van der Waals surface area contributed by atoms with Crippen LogP contribution in [-0.4, -0.2) is 27.2 Å². The summed E-state index contributed by atoms with van der Waals surface area (Å²) in [4.78, 5) is 13.4. The van der Waals surface area contributed by atoms with Crippen molar-refractivity contribution in [3.63, 3.8) is 0 Å². The Hall–Kier alpha value is -0.620. The highest BCUT2D eigenvalue weighted by atomic mass is 32.2. The maximum Gasteiger partial charge on any atom is 0.239 e. The number of carbonyl (C=O) groups is 1. The fraction of sp³-hybridized carbons (Fsp3) is 0.625. The minimum atomic E-state index is 0.158. The molecule has 2 heterocycles. The Labute approximate surface area is 90.7 Å². The molecule has 0 radical (unpaired) electrons. The molecule has 1 fully saturated rings. The van der Waals surface area contributed by atoms with E-state index in [4.69, 9.17) is 0 Å². The molecule has 0 aliphatic carbocycles. The molecule has 2 rings (SSSR count). The fourth-order valence-corrected chi connectivity index (χ4v) is 3.37. The van der Waals surface area contributed by atoms with Crippen molar-refractivity contribution in [2.45, 2.75) is 25.1 Å². The van der Waals surface area contributed by atoms with Crippen LogP contribution in [0.1, 0.15) is 19.8 Å². The summed E-state index contributed by atoms with van der Waals surface area (Å²) >= 11 is 3.12. The normalized spacial score (nSPS) is 21.9. The van der Waals surface area contributed by atoms with E-state index in [0.29, 0.717) is 5.75 Å². The van der Waals surface area contributed by atoms with Crippen LogP contribution in [0.15, 0.2) is 5.51 Å². The molecule has 1 aromatic rings. The molecule has 0 N–H and O–H groups in total. The molecule has 0 spiro atoms. The van der Waals surface area contributed by atoms with Gasteiger partial charge in [-0.15, -0.1) is 22.0 Å². The van der Waals surface area contributed by atoms with Crippen LogP contribution >= 0.6 is 23.1 Å². The van der Waals surface area contributed by atoms with E-state index in [9.17, 15) is 4.79 Å². The first-order chi connectivity index (χ1) is 6.83. The highest BCUT2D eigenvalue weighted by molar-refractivity contribution is 8.01. The van der Waals surface area contributed by atoms with E-state index in [0.717, 1.165) is 18.0 Å². The third kappa shape index (κ3) is 1.76. The summed E-state index contributed by atoms with van der Waals surface area (Å²) < 4.78 is 0. The van der Waals surface area contributed by atoms with Gasteiger partial charge in [-0.25, -0.2) is 0 Å². The zero-order valence-electron chi connectivity index (χ0n) is 7.84. The highest BCUT2D eigenvalue weighted by Gasteiger charge is 2.33. The molecule has 0 saturated carbocycles. The second-order valence-corrected chi connectivity index (χ2v) is 5.02. The van der Waals surface area contributed by atoms with Crippen molar-refractivity contribution >= 4 is 34.1 Å². The zero-order valence-corrected chi connectivity index (χ0v) is 9.48. The Morgan fingerprint density at radius 1 is 1.71 bits per heavy atom. The van der Waals surface area contributed by atoms with Crippen molar-refractivity contribution in [1.29, 1.82) is 0 Å². The molecular weight excluding hydrogens is 218 g/mol. The first kappa shape index (κ1) is 9.92. The van der Waals surface area contributed by atoms with Crippen LogP contribution in [0.3, 0.4) is 0 Å². The predicted octanol–water partition coefficient (Wildman–Crippen LogP) is 1.74. The third-order valence-electron chi connectivity index (χ3n) is 2.05. The topological polar surface area (TPSA) is 46.1 Å². The molecule has 1 aliphatic rings. The lowest BCUT2D eigenvalue weighted by atomic mass is 10.3. The quantitative estimate of drug-likeness (QED) is 0.792. The number of carbonyl (C=O) groups excluding carboxylic acids is 1. The van der Waals surface area contributed by atoms with Gasteiger partial charge in [-0.05, 0) is 6.42 Å². The van der Waals surface area contributed by atoms with E-state index >= 15 is 0 Å². The van der Waals surface area contributed by atoms with Gasteiger partial charge in [0, 0.05) is 0 Å². The Morgan fingerprint density at radius 3 is 3.21 bits per heavy atom. The molecule has 1 aromatic heterocycles. The van der Waals surface area contributed by atoms with Gasteiger partial charge in [-0.2, -0.15) is 0 Å². The number of hydrogen-bond acceptors (Lipinski definition) is 5. The lowest BCUT2D eigenvalue weighted by Gasteiger charge is -2.19. The van der Waals surface area contributed by atoms with E-state index in [1.807, 2.05) is 0 Å². The van der Waals surface area contributed by atoms with Gasteiger partial charge in [0.1, 0.15) is 5.51 Å². The molecule has 1 atom stereocenters. The standard InChI is InChI=1S/C8H11N3OS2/c1-2-3-7-11(6(12)4-13-7)8-10-9-5-14-8/h5,7H,2-4H2,1H3/t7-/m0/s1. The molecule has 0 bridgehead atoms. The fourth-order valence-electron chi connectivity index (χ4n) is 1.43. The maximum atomic E-state index is 11.6. The van der Waals surface area contributed by atoms with Gasteiger partial charge in [0.15, 0.2) is 0 Å². The van der Waals surface area contributed by atoms with Gasteiger partial charge in [0.2, 0.25) is 11.0 Å². The van der Waals surface area contributed by atoms with Gasteiger partial charge >= 0.3 is 0 Å². The van der Waals surface area contributed by atoms with E-state index in [-0.39, 0.29) is 11.3 Å². The van der Waals surface area contributed by atoms with E-state index in [2.05, 4.69) is 17.1 Å². The number of amides is 1. The van der Waals surface area contributed by atoms with E-state index < -0.39 is 0 Å². The van der Waals surface area contributed by atoms with Gasteiger partial charge in [-0.1, -0.05) is 24.7 Å². The summed E-state index contributed by atoms with van der Waals surface area (Å²) in [7, 11) is 0. The van der Waals surface area contributed by atoms with Crippen LogP contribution in [0, 0.1) is 0 Å². The van der Waals surface area contributed by atoms with E-state index in [1.165, 1.54) is 11.3 Å². The smallest absolute Gasteiger partial charge is 0.239 e. The van der Waals surface area contributed by atoms with Gasteiger partial charge in [0.25, 0.3) is 0 Å². The minimum Gasteiger partial charge on any atom is -0.273 e. The summed E-state index contributed by atoms with van der Waals surface area (Å²) in [5.41, 5.74) is 1.66. The molecular formula is C8H11N3OS2. The monoisotopic (exact) mass is 229 g/mol. The average molecular weight is 229 g/mol. The molecule has 1 saturated heterocycles. The summed E-state index contributed by atoms with van der Waals surface area (Å²) in [6.07, 6.45) is 2.11. The lowest BCUT2D eigenvalue weighted by Crippen LogP contribution is -2.32. The predicted molar refractivity (Wildman–Crippen MR) is 58.5 cm³/mol. The molecule has 0 unspecified atom stereocenters. The summed E-state index contributed by atoms with van der Waals surface area (Å²) in [5, 5.41) is 8.70. The van der Waals surface area contributed by atoms with Crippen molar-refractivity contribution < 1.29 is 4.79 Å². The minimum absolute atomic E-state index is 0.158. The van der Waals surface area contributed by atoms with Crippen LogP contribution in [0.25, 0.3) is 0 Å². The molecule has 6 heteroatoms. The number of nitrogens with zero attached hydrogens (tertiary/aromatic N) is 3. The molecule has 4 nitrogen and oxygen atoms in total. The number of aromatic nitrogens is 2. The number of rotatable bonds is 3. The van der Waals surface area contributed by atoms with Crippen molar-refractivity contribution in [3.8, 4) is 0 Å². The SMILES string of the molecule is CCC[C@@H]1SCC(=O)N1c1nncs1. The Kier molecular flexibility index (Phi) is 3.02. The lowest BCUT2D eigenvalue weighted by molar-refractivity contribution is -0.115. The average Bonchev–Trinajstić information content (AvgIpc) is 2.76. The van der Waals surface area contributed by atoms with Crippen LogP contribution in [0.5, 0.6) is 0 Å². The van der Waals surface area contributed by atoms with Gasteiger partial charge < -0.3 is 0 Å². The Morgan fingerprint density at radius 2 is 2.57 bits per heavy atom. The largest absolute Gasteiger partial charge is 0.273 e. The van der Waals surface area contributed by atoms with Crippen LogP contribution in [0.4, 0.5) is 5.13 Å². The molecule has 1 amide bonds. The molecule has 1 aliphatic heterocycles. The summed E-state index contributed by atoms with van der Waals surface area (Å²) in [5.74, 6) is 0.731. The molecule has 14 heavy (non-hydrogen) atoms. The number of hydrogen-bond donors (Lipinski definition) is 0. The Bertz CT molecular complexity index is 314. The van der Waals surface area contributed by atoms with Crippen LogP contribution in [0.2, 0.25) is 0 Å². The molecule has 0 aromatic carbocycles. The number of anilines is 1. The Balaban J connectivity index is 2.17. The van der Waals surface area contributed by atoms with Crippen molar-refractivity contribution in [2.75, 3.05) is 10.7 Å². The second kappa shape index (κ2) is 4.27. The summed E-state index contributed by atoms with van der Waals surface area (Å²) in [6.45, 7) is 2.13. The third-order valence-corrected chi connectivity index (χ3v) is 3.98. The van der Waals surface area contributed by atoms with Crippen molar-refractivity contribution in [1.82, 2.24) is 10.2 Å². The summed E-state index contributed by atoms with van der Waals surface area (Å²) in [6, 6.07) is 0.